The summed E-state index contributed by atoms with van der Waals surface area (Å²) in [5.41, 5.74) is 7.80. The Morgan fingerprint density at radius 1 is 1.45 bits per heavy atom. The molecule has 0 atom stereocenters. The van der Waals surface area contributed by atoms with Gasteiger partial charge in [-0.3, -0.25) is 9.59 Å². The molecule has 58 valence electrons. The number of allylic oxidation sites excluding steroid dienone is 2. The van der Waals surface area contributed by atoms with Gasteiger partial charge in [0, 0.05) is 4.91 Å². The van der Waals surface area contributed by atoms with E-state index in [9.17, 15) is 9.59 Å². The molecule has 0 aliphatic carbocycles. The fourth-order valence-electron chi connectivity index (χ4n) is 0.442. The fraction of sp³-hybridized carbons (Fsp3) is 0.333. The first-order chi connectivity index (χ1) is 5.07. The average molecular weight is 153 g/mol. The molecule has 0 aromatic carbocycles. The normalized spacial score (nSPS) is 10.2. The minimum atomic E-state index is -0.419. The lowest BCUT2D eigenvalue weighted by Crippen LogP contribution is -1.95. The second-order valence-corrected chi connectivity index (χ2v) is 1.89. The first kappa shape index (κ1) is 9.39. The SMILES string of the molecule is CC(=O)C=C(N=[N+]=[N-])C(C)=O. The zero-order valence-corrected chi connectivity index (χ0v) is 6.24. The van der Waals surface area contributed by atoms with Crippen molar-refractivity contribution in [1.82, 2.24) is 0 Å². The van der Waals surface area contributed by atoms with Gasteiger partial charge < -0.3 is 0 Å². The van der Waals surface area contributed by atoms with E-state index in [2.05, 4.69) is 10.0 Å². The van der Waals surface area contributed by atoms with E-state index in [1.54, 1.807) is 0 Å². The molecule has 5 nitrogen and oxygen atoms in total. The predicted octanol–water partition coefficient (Wildman–Crippen LogP) is 1.36. The van der Waals surface area contributed by atoms with Gasteiger partial charge in [0.05, 0.1) is 5.70 Å². The molecule has 0 spiro atoms. The summed E-state index contributed by atoms with van der Waals surface area (Å²) in [6.45, 7) is 2.50. The van der Waals surface area contributed by atoms with Gasteiger partial charge in [0.15, 0.2) is 11.6 Å². The van der Waals surface area contributed by atoms with Crippen molar-refractivity contribution in [2.24, 2.45) is 5.11 Å². The Morgan fingerprint density at radius 3 is 2.27 bits per heavy atom. The van der Waals surface area contributed by atoms with Crippen LogP contribution in [0.3, 0.4) is 0 Å². The fourth-order valence-corrected chi connectivity index (χ4v) is 0.442. The van der Waals surface area contributed by atoms with E-state index in [4.69, 9.17) is 5.53 Å². The van der Waals surface area contributed by atoms with Crippen LogP contribution in [0, 0.1) is 0 Å². The third kappa shape index (κ3) is 3.89. The number of carbonyl (C=O) groups excluding carboxylic acids is 2. The standard InChI is InChI=1S/C6H7N3O2/c1-4(10)3-6(5(2)11)8-9-7/h3H,1-2H3. The summed E-state index contributed by atoms with van der Waals surface area (Å²) in [4.78, 5) is 23.4. The van der Waals surface area contributed by atoms with Gasteiger partial charge in [0.1, 0.15) is 0 Å². The van der Waals surface area contributed by atoms with Crippen molar-refractivity contribution in [3.05, 3.63) is 22.2 Å². The third-order valence-electron chi connectivity index (χ3n) is 0.853. The van der Waals surface area contributed by atoms with Crippen molar-refractivity contribution in [3.63, 3.8) is 0 Å². The highest BCUT2D eigenvalue weighted by atomic mass is 16.1. The summed E-state index contributed by atoms with van der Waals surface area (Å²) in [7, 11) is 0. The van der Waals surface area contributed by atoms with Crippen molar-refractivity contribution in [2.45, 2.75) is 13.8 Å². The van der Waals surface area contributed by atoms with E-state index in [1.807, 2.05) is 0 Å². The molecule has 5 heteroatoms. The highest BCUT2D eigenvalue weighted by Crippen LogP contribution is 1.98. The molecular weight excluding hydrogens is 146 g/mol. The summed E-state index contributed by atoms with van der Waals surface area (Å²) in [5, 5.41) is 3.04. The lowest BCUT2D eigenvalue weighted by Gasteiger charge is -1.88. The second-order valence-electron chi connectivity index (χ2n) is 1.89. The minimum Gasteiger partial charge on any atom is -0.295 e. The third-order valence-corrected chi connectivity index (χ3v) is 0.853. The van der Waals surface area contributed by atoms with Crippen LogP contribution in [-0.2, 0) is 9.59 Å². The monoisotopic (exact) mass is 153 g/mol. The number of nitrogens with zero attached hydrogens (tertiary/aromatic N) is 3. The number of hydrogen-bond acceptors (Lipinski definition) is 3. The van der Waals surface area contributed by atoms with Crippen molar-refractivity contribution >= 4 is 11.6 Å². The lowest BCUT2D eigenvalue weighted by molar-refractivity contribution is -0.115. The number of Topliss-reactive ketones (excluding diaryl/α,β-unsaturated/α-hetero) is 1. The number of azide groups is 1. The molecule has 0 saturated heterocycles. The van der Waals surface area contributed by atoms with Crippen LogP contribution >= 0.6 is 0 Å². The Labute approximate surface area is 63.3 Å². The Morgan fingerprint density at radius 2 is 2.00 bits per heavy atom. The molecule has 0 aromatic heterocycles. The van der Waals surface area contributed by atoms with Crippen molar-refractivity contribution in [3.8, 4) is 0 Å². The molecule has 0 radical (unpaired) electrons. The van der Waals surface area contributed by atoms with Gasteiger partial charge in [-0.25, -0.2) is 0 Å². The number of rotatable bonds is 3. The van der Waals surface area contributed by atoms with E-state index in [0.717, 1.165) is 6.08 Å². The molecule has 0 saturated carbocycles. The maximum absolute atomic E-state index is 10.6. The van der Waals surface area contributed by atoms with Crippen LogP contribution in [0.4, 0.5) is 0 Å². The summed E-state index contributed by atoms with van der Waals surface area (Å²) in [5.74, 6) is -0.736. The summed E-state index contributed by atoms with van der Waals surface area (Å²) >= 11 is 0. The highest BCUT2D eigenvalue weighted by Gasteiger charge is 2.00. The van der Waals surface area contributed by atoms with E-state index in [0.29, 0.717) is 0 Å². The van der Waals surface area contributed by atoms with E-state index >= 15 is 0 Å². The van der Waals surface area contributed by atoms with E-state index in [1.165, 1.54) is 13.8 Å². The van der Waals surface area contributed by atoms with Crippen molar-refractivity contribution < 1.29 is 9.59 Å². The average Bonchev–Trinajstić information content (AvgIpc) is 1.86. The van der Waals surface area contributed by atoms with Gasteiger partial charge in [-0.05, 0) is 25.5 Å². The predicted molar refractivity (Wildman–Crippen MR) is 38.6 cm³/mol. The van der Waals surface area contributed by atoms with Crippen molar-refractivity contribution in [2.75, 3.05) is 0 Å². The molecule has 0 aromatic rings. The highest BCUT2D eigenvalue weighted by molar-refractivity contribution is 6.00. The van der Waals surface area contributed by atoms with Gasteiger partial charge in [0.25, 0.3) is 0 Å². The number of ketones is 2. The molecule has 0 rings (SSSR count). The molecule has 0 amide bonds. The molecule has 0 aliphatic heterocycles. The van der Waals surface area contributed by atoms with Crippen LogP contribution in [-0.4, -0.2) is 11.6 Å². The first-order valence-electron chi connectivity index (χ1n) is 2.86. The molecule has 0 N–H and O–H groups in total. The molecule has 0 aliphatic rings. The molecule has 0 heterocycles. The Bertz CT molecular complexity index is 257. The topological polar surface area (TPSA) is 82.9 Å². The smallest absolute Gasteiger partial charge is 0.162 e. The summed E-state index contributed by atoms with van der Waals surface area (Å²) < 4.78 is 0. The van der Waals surface area contributed by atoms with Gasteiger partial charge in [-0.2, -0.15) is 0 Å². The van der Waals surface area contributed by atoms with Crippen LogP contribution in [0.5, 0.6) is 0 Å². The lowest BCUT2D eigenvalue weighted by atomic mass is 10.3. The van der Waals surface area contributed by atoms with Crippen LogP contribution in [0.1, 0.15) is 13.8 Å². The van der Waals surface area contributed by atoms with E-state index < -0.39 is 5.78 Å². The van der Waals surface area contributed by atoms with Gasteiger partial charge in [0.2, 0.25) is 0 Å². The van der Waals surface area contributed by atoms with E-state index in [-0.39, 0.29) is 11.5 Å². The Balaban J connectivity index is 4.73. The molecular formula is C6H7N3O2. The van der Waals surface area contributed by atoms with Gasteiger partial charge >= 0.3 is 0 Å². The maximum Gasteiger partial charge on any atom is 0.162 e. The Kier molecular flexibility index (Phi) is 3.62. The molecule has 0 bridgehead atoms. The van der Waals surface area contributed by atoms with Crippen LogP contribution in [0.25, 0.3) is 10.4 Å². The largest absolute Gasteiger partial charge is 0.295 e. The zero-order valence-electron chi connectivity index (χ0n) is 6.24. The second kappa shape index (κ2) is 4.24. The first-order valence-corrected chi connectivity index (χ1v) is 2.86. The molecule has 11 heavy (non-hydrogen) atoms. The molecule has 0 unspecified atom stereocenters. The quantitative estimate of drug-likeness (QED) is 0.265. The summed E-state index contributed by atoms with van der Waals surface area (Å²) in [6.07, 6.45) is 1.00. The Hall–Kier alpha value is -1.61. The van der Waals surface area contributed by atoms with Crippen molar-refractivity contribution in [1.29, 1.82) is 0 Å². The maximum atomic E-state index is 10.6. The van der Waals surface area contributed by atoms with Crippen LogP contribution in [0.2, 0.25) is 0 Å². The molecule has 0 fully saturated rings. The van der Waals surface area contributed by atoms with Crippen LogP contribution < -0.4 is 0 Å². The zero-order chi connectivity index (χ0) is 8.85. The van der Waals surface area contributed by atoms with Crippen LogP contribution in [0.15, 0.2) is 16.9 Å². The number of hydrogen-bond donors (Lipinski definition) is 0. The number of carbonyl (C=O) groups is 2. The van der Waals surface area contributed by atoms with Gasteiger partial charge in [-0.15, -0.1) is 0 Å². The van der Waals surface area contributed by atoms with Gasteiger partial charge in [-0.1, -0.05) is 5.11 Å². The summed E-state index contributed by atoms with van der Waals surface area (Å²) in [6, 6.07) is 0. The minimum absolute atomic E-state index is 0.153.